The maximum atomic E-state index is 12.7. The van der Waals surface area contributed by atoms with Gasteiger partial charge in [0.15, 0.2) is 0 Å². The number of benzene rings is 1. The van der Waals surface area contributed by atoms with Gasteiger partial charge in [-0.15, -0.1) is 0 Å². The maximum absolute atomic E-state index is 12.7. The Morgan fingerprint density at radius 3 is 2.57 bits per heavy atom. The highest BCUT2D eigenvalue weighted by molar-refractivity contribution is 9.10. The van der Waals surface area contributed by atoms with E-state index in [2.05, 4.69) is 21.2 Å². The highest BCUT2D eigenvalue weighted by Crippen LogP contribution is 2.26. The zero-order valence-corrected chi connectivity index (χ0v) is 14.4. The molecule has 114 valence electrons. The summed E-state index contributed by atoms with van der Waals surface area (Å²) in [5.41, 5.74) is 0.0565. The topological polar surface area (TPSA) is 49.4 Å². The lowest BCUT2D eigenvalue weighted by Gasteiger charge is -2.41. The number of carbonyl (C=O) groups is 2. The van der Waals surface area contributed by atoms with Crippen molar-refractivity contribution in [3.8, 4) is 0 Å². The van der Waals surface area contributed by atoms with Gasteiger partial charge in [-0.05, 0) is 30.5 Å². The average molecular weight is 374 g/mol. The van der Waals surface area contributed by atoms with E-state index in [4.69, 9.17) is 11.6 Å². The molecule has 0 aromatic heterocycles. The van der Waals surface area contributed by atoms with E-state index in [9.17, 15) is 9.59 Å². The zero-order chi connectivity index (χ0) is 15.6. The number of halogens is 2. The van der Waals surface area contributed by atoms with E-state index < -0.39 is 5.54 Å². The number of amides is 2. The third-order valence-electron chi connectivity index (χ3n) is 3.99. The summed E-state index contributed by atoms with van der Waals surface area (Å²) in [4.78, 5) is 26.2. The van der Waals surface area contributed by atoms with Crippen LogP contribution in [0.1, 0.15) is 32.3 Å². The molecule has 2 amide bonds. The second kappa shape index (κ2) is 6.36. The molecule has 0 radical (unpaired) electrons. The Kier molecular flexibility index (Phi) is 4.94. The maximum Gasteiger partial charge on any atom is 0.249 e. The Morgan fingerprint density at radius 1 is 1.33 bits per heavy atom. The number of hydrogen-bond donors (Lipinski definition) is 1. The minimum Gasteiger partial charge on any atom is -0.340 e. The van der Waals surface area contributed by atoms with Crippen molar-refractivity contribution in [1.82, 2.24) is 10.2 Å². The van der Waals surface area contributed by atoms with Crippen molar-refractivity contribution in [2.75, 3.05) is 6.54 Å². The van der Waals surface area contributed by atoms with Crippen LogP contribution in [-0.2, 0) is 16.1 Å². The number of hydrogen-bond acceptors (Lipinski definition) is 2. The highest BCUT2D eigenvalue weighted by Gasteiger charge is 2.43. The molecule has 0 unspecified atom stereocenters. The van der Waals surface area contributed by atoms with Gasteiger partial charge in [0, 0.05) is 16.0 Å². The monoisotopic (exact) mass is 372 g/mol. The predicted octanol–water partition coefficient (Wildman–Crippen LogP) is 3.12. The number of nitrogens with zero attached hydrogens (tertiary/aromatic N) is 1. The first kappa shape index (κ1) is 16.3. The predicted molar refractivity (Wildman–Crippen MR) is 86.0 cm³/mol. The fourth-order valence-corrected chi connectivity index (χ4v) is 3.35. The first-order valence-corrected chi connectivity index (χ1v) is 8.13. The minimum atomic E-state index is -0.781. The lowest BCUT2D eigenvalue weighted by molar-refractivity contribution is -0.151. The summed E-state index contributed by atoms with van der Waals surface area (Å²) in [6.45, 7) is 4.25. The number of nitrogens with one attached hydrogen (secondary N) is 1. The molecule has 0 saturated carbocycles. The van der Waals surface area contributed by atoms with E-state index in [1.54, 1.807) is 11.0 Å². The summed E-state index contributed by atoms with van der Waals surface area (Å²) in [7, 11) is 0. The van der Waals surface area contributed by atoms with Gasteiger partial charge in [0.05, 0.1) is 6.54 Å². The molecule has 21 heavy (non-hydrogen) atoms. The molecule has 0 bridgehead atoms. The summed E-state index contributed by atoms with van der Waals surface area (Å²) in [6.07, 6.45) is 1.16. The smallest absolute Gasteiger partial charge is 0.249 e. The van der Waals surface area contributed by atoms with Crippen LogP contribution < -0.4 is 5.32 Å². The molecule has 1 aliphatic heterocycles. The minimum absolute atomic E-state index is 0.0360. The van der Waals surface area contributed by atoms with Crippen molar-refractivity contribution >= 4 is 39.3 Å². The van der Waals surface area contributed by atoms with E-state index in [0.29, 0.717) is 24.4 Å². The summed E-state index contributed by atoms with van der Waals surface area (Å²) in [6, 6.07) is 5.53. The quantitative estimate of drug-likeness (QED) is 0.881. The molecule has 1 heterocycles. The Hall–Kier alpha value is -1.07. The molecule has 0 atom stereocenters. The van der Waals surface area contributed by atoms with Gasteiger partial charge in [-0.2, -0.15) is 0 Å². The molecule has 1 saturated heterocycles. The van der Waals surface area contributed by atoms with Crippen molar-refractivity contribution in [1.29, 1.82) is 0 Å². The van der Waals surface area contributed by atoms with Crippen molar-refractivity contribution in [2.45, 2.75) is 38.8 Å². The first-order chi connectivity index (χ1) is 9.91. The highest BCUT2D eigenvalue weighted by atomic mass is 79.9. The fourth-order valence-electron chi connectivity index (χ4n) is 2.62. The molecule has 1 aromatic rings. The normalized spacial score (nSPS) is 17.8. The molecular weight excluding hydrogens is 356 g/mol. The van der Waals surface area contributed by atoms with Gasteiger partial charge in [-0.1, -0.05) is 47.4 Å². The molecule has 0 aliphatic carbocycles. The van der Waals surface area contributed by atoms with Gasteiger partial charge in [0.1, 0.15) is 5.54 Å². The van der Waals surface area contributed by atoms with Gasteiger partial charge >= 0.3 is 0 Å². The van der Waals surface area contributed by atoms with Crippen LogP contribution in [0.5, 0.6) is 0 Å². The largest absolute Gasteiger partial charge is 0.340 e. The van der Waals surface area contributed by atoms with Crippen molar-refractivity contribution in [3.05, 3.63) is 33.3 Å². The molecule has 1 aliphatic rings. The van der Waals surface area contributed by atoms with Gasteiger partial charge in [-0.3, -0.25) is 9.59 Å². The average Bonchev–Trinajstić information content (AvgIpc) is 2.45. The Bertz CT molecular complexity index is 573. The number of carbonyl (C=O) groups excluding carboxylic acids is 2. The van der Waals surface area contributed by atoms with E-state index in [0.717, 1.165) is 10.0 Å². The Morgan fingerprint density at radius 2 is 2.00 bits per heavy atom. The Labute approximate surface area is 138 Å². The van der Waals surface area contributed by atoms with Crippen LogP contribution in [0.15, 0.2) is 22.7 Å². The summed E-state index contributed by atoms with van der Waals surface area (Å²) >= 11 is 9.56. The third kappa shape index (κ3) is 3.24. The van der Waals surface area contributed by atoms with Crippen LogP contribution in [0.3, 0.4) is 0 Å². The first-order valence-electron chi connectivity index (χ1n) is 6.96. The van der Waals surface area contributed by atoms with Crippen LogP contribution in [0.4, 0.5) is 0 Å². The van der Waals surface area contributed by atoms with E-state index >= 15 is 0 Å². The standard InChI is InChI=1S/C15H18BrClN2O2/c1-3-15(4-2)14(21)19(9-13(20)18-15)8-10-5-6-11(16)7-12(10)17/h5-7H,3-4,8-9H2,1-2H3,(H,18,20). The van der Waals surface area contributed by atoms with Gasteiger partial charge in [0.25, 0.3) is 0 Å². The third-order valence-corrected chi connectivity index (χ3v) is 4.84. The molecule has 1 fully saturated rings. The van der Waals surface area contributed by atoms with Crippen LogP contribution in [0, 0.1) is 0 Å². The van der Waals surface area contributed by atoms with Crippen LogP contribution in [-0.4, -0.2) is 28.8 Å². The SMILES string of the molecule is CCC1(CC)NC(=O)CN(Cc2ccc(Br)cc2Cl)C1=O. The lowest BCUT2D eigenvalue weighted by Crippen LogP contribution is -2.65. The summed E-state index contributed by atoms with van der Waals surface area (Å²) < 4.78 is 0.885. The van der Waals surface area contributed by atoms with E-state index in [1.165, 1.54) is 0 Å². The molecule has 1 aromatic carbocycles. The van der Waals surface area contributed by atoms with Crippen LogP contribution in [0.25, 0.3) is 0 Å². The summed E-state index contributed by atoms with van der Waals surface area (Å²) in [5, 5.41) is 3.43. The van der Waals surface area contributed by atoms with Crippen molar-refractivity contribution in [2.24, 2.45) is 0 Å². The van der Waals surface area contributed by atoms with Crippen LogP contribution >= 0.6 is 27.5 Å². The van der Waals surface area contributed by atoms with Crippen molar-refractivity contribution in [3.63, 3.8) is 0 Å². The van der Waals surface area contributed by atoms with E-state index in [1.807, 2.05) is 26.0 Å². The van der Waals surface area contributed by atoms with Gasteiger partial charge < -0.3 is 10.2 Å². The molecule has 4 nitrogen and oxygen atoms in total. The molecule has 0 spiro atoms. The second-order valence-corrected chi connectivity index (χ2v) is 6.56. The van der Waals surface area contributed by atoms with Crippen molar-refractivity contribution < 1.29 is 9.59 Å². The number of rotatable bonds is 4. The summed E-state index contributed by atoms with van der Waals surface area (Å²) in [5.74, 6) is -0.155. The Balaban J connectivity index is 2.26. The van der Waals surface area contributed by atoms with Gasteiger partial charge in [0.2, 0.25) is 11.8 Å². The molecule has 1 N–H and O–H groups in total. The fraction of sp³-hybridized carbons (Fsp3) is 0.467. The van der Waals surface area contributed by atoms with Crippen LogP contribution in [0.2, 0.25) is 5.02 Å². The molecule has 6 heteroatoms. The second-order valence-electron chi connectivity index (χ2n) is 5.23. The lowest BCUT2D eigenvalue weighted by atomic mass is 9.88. The number of piperazine rings is 1. The van der Waals surface area contributed by atoms with Gasteiger partial charge in [-0.25, -0.2) is 0 Å². The zero-order valence-electron chi connectivity index (χ0n) is 12.1. The van der Waals surface area contributed by atoms with E-state index in [-0.39, 0.29) is 18.4 Å². The molecular formula is C15H18BrClN2O2. The molecule has 2 rings (SSSR count).